The molecule has 0 aliphatic carbocycles. The van der Waals surface area contributed by atoms with Crippen molar-refractivity contribution in [3.8, 4) is 0 Å². The number of nitrogens with one attached hydrogen (secondary N) is 1. The molecule has 3 heterocycles. The van der Waals surface area contributed by atoms with Gasteiger partial charge in [-0.2, -0.15) is 5.01 Å². The highest BCUT2D eigenvalue weighted by Gasteiger charge is 2.61. The number of benzene rings is 1. The predicted octanol–water partition coefficient (Wildman–Crippen LogP) is 0.270. The summed E-state index contributed by atoms with van der Waals surface area (Å²) >= 11 is 0. The molecule has 2 saturated heterocycles. The van der Waals surface area contributed by atoms with Crippen LogP contribution in [-0.4, -0.2) is 34.9 Å². The number of hydrogen-bond acceptors (Lipinski definition) is 4. The minimum Gasteiger partial charge on any atom is -0.365 e. The lowest BCUT2D eigenvalue weighted by atomic mass is 9.85. The van der Waals surface area contributed by atoms with Crippen LogP contribution in [0.25, 0.3) is 0 Å². The van der Waals surface area contributed by atoms with Gasteiger partial charge in [0.05, 0.1) is 24.0 Å². The molecule has 2 fully saturated rings. The van der Waals surface area contributed by atoms with Crippen molar-refractivity contribution in [2.75, 3.05) is 0 Å². The van der Waals surface area contributed by atoms with Gasteiger partial charge in [-0.3, -0.25) is 19.8 Å². The second kappa shape index (κ2) is 4.26. The molecule has 0 radical (unpaired) electrons. The molecule has 3 aliphatic rings. The monoisotopic (exact) mass is 284 g/mol. The van der Waals surface area contributed by atoms with E-state index in [-0.39, 0.29) is 12.2 Å². The summed E-state index contributed by atoms with van der Waals surface area (Å²) in [5.41, 5.74) is 2.80. The summed E-state index contributed by atoms with van der Waals surface area (Å²) in [6, 6.07) is 8.46. The third kappa shape index (κ3) is 1.66. The summed E-state index contributed by atoms with van der Waals surface area (Å²) in [4.78, 5) is 36.7. The van der Waals surface area contributed by atoms with Crippen LogP contribution in [0.3, 0.4) is 0 Å². The highest BCUT2D eigenvalue weighted by molar-refractivity contribution is 6.09. The second-order valence-corrected chi connectivity index (χ2v) is 5.32. The number of fused-ring (bicyclic) bond motifs is 5. The van der Waals surface area contributed by atoms with Crippen LogP contribution in [0.15, 0.2) is 42.5 Å². The van der Waals surface area contributed by atoms with Gasteiger partial charge in [0, 0.05) is 5.56 Å². The maximum Gasteiger partial charge on any atom is 0.270 e. The zero-order valence-electron chi connectivity index (χ0n) is 10.9. The Balaban J connectivity index is 1.56. The van der Waals surface area contributed by atoms with Gasteiger partial charge in [0.15, 0.2) is 0 Å². The quantitative estimate of drug-likeness (QED) is 0.625. The minimum absolute atomic E-state index is 0.352. The zero-order chi connectivity index (χ0) is 14.6. The second-order valence-electron chi connectivity index (χ2n) is 5.32. The van der Waals surface area contributed by atoms with E-state index in [0.717, 1.165) is 5.01 Å². The number of amides is 3. The molecule has 106 valence electrons. The van der Waals surface area contributed by atoms with Crippen molar-refractivity contribution in [3.05, 3.63) is 48.0 Å². The largest absolute Gasteiger partial charge is 0.365 e. The van der Waals surface area contributed by atoms with Gasteiger partial charge in [-0.15, -0.1) is 0 Å². The van der Waals surface area contributed by atoms with E-state index in [9.17, 15) is 14.4 Å². The van der Waals surface area contributed by atoms with Crippen LogP contribution in [0.5, 0.6) is 0 Å². The number of imide groups is 1. The van der Waals surface area contributed by atoms with Crippen LogP contribution in [0.2, 0.25) is 0 Å². The SMILES string of the molecule is O=C(NN1C(=O)[C@@H]2[C@H](C1=O)[C@H]1C=C[C@H]2O1)c1ccccc1. The van der Waals surface area contributed by atoms with Crippen LogP contribution in [-0.2, 0) is 14.3 Å². The normalized spacial score (nSPS) is 32.7. The summed E-state index contributed by atoms with van der Waals surface area (Å²) < 4.78 is 5.53. The third-order valence-corrected chi connectivity index (χ3v) is 4.16. The molecular formula is C15H12N2O4. The molecule has 1 N–H and O–H groups in total. The van der Waals surface area contributed by atoms with Gasteiger partial charge in [-0.1, -0.05) is 30.4 Å². The first-order valence-electron chi connectivity index (χ1n) is 6.74. The molecule has 4 atom stereocenters. The Morgan fingerprint density at radius 1 is 1.00 bits per heavy atom. The highest BCUT2D eigenvalue weighted by Crippen LogP contribution is 2.44. The molecule has 6 nitrogen and oxygen atoms in total. The van der Waals surface area contributed by atoms with Crippen molar-refractivity contribution in [3.63, 3.8) is 0 Å². The Labute approximate surface area is 120 Å². The van der Waals surface area contributed by atoms with Gasteiger partial charge in [-0.25, -0.2) is 0 Å². The number of rotatable bonds is 2. The average Bonchev–Trinajstić information content (AvgIpc) is 3.18. The zero-order valence-corrected chi connectivity index (χ0v) is 10.9. The Bertz CT molecular complexity index is 640. The Morgan fingerprint density at radius 2 is 1.57 bits per heavy atom. The maximum atomic E-state index is 12.3. The number of nitrogens with zero attached hydrogens (tertiary/aromatic N) is 1. The van der Waals surface area contributed by atoms with Crippen LogP contribution < -0.4 is 5.43 Å². The van der Waals surface area contributed by atoms with E-state index in [1.54, 1.807) is 42.5 Å². The van der Waals surface area contributed by atoms with E-state index >= 15 is 0 Å². The number of carbonyl (C=O) groups is 3. The van der Waals surface area contributed by atoms with Crippen molar-refractivity contribution in [2.24, 2.45) is 11.8 Å². The molecule has 0 spiro atoms. The van der Waals surface area contributed by atoms with E-state index in [1.807, 2.05) is 0 Å². The molecule has 21 heavy (non-hydrogen) atoms. The molecule has 1 aromatic carbocycles. The summed E-state index contributed by atoms with van der Waals surface area (Å²) in [5.74, 6) is -2.29. The highest BCUT2D eigenvalue weighted by atomic mass is 16.5. The average molecular weight is 284 g/mol. The molecule has 2 bridgehead atoms. The molecule has 3 amide bonds. The maximum absolute atomic E-state index is 12.3. The first kappa shape index (κ1) is 12.3. The standard InChI is InChI=1S/C15H12N2O4/c18-13(8-4-2-1-3-5-8)16-17-14(19)11-9-6-7-10(21-9)12(11)15(17)20/h1-7,9-12H,(H,16,18)/t9-,10-,11-,12+/m1/s1. The van der Waals surface area contributed by atoms with E-state index in [1.165, 1.54) is 0 Å². The summed E-state index contributed by atoms with van der Waals surface area (Å²) in [6.07, 6.45) is 2.91. The first-order chi connectivity index (χ1) is 10.2. The van der Waals surface area contributed by atoms with Crippen LogP contribution in [0, 0.1) is 11.8 Å². The van der Waals surface area contributed by atoms with Crippen molar-refractivity contribution in [2.45, 2.75) is 12.2 Å². The van der Waals surface area contributed by atoms with Gasteiger partial charge >= 0.3 is 0 Å². The van der Waals surface area contributed by atoms with Crippen molar-refractivity contribution in [1.82, 2.24) is 10.4 Å². The lowest BCUT2D eigenvalue weighted by Crippen LogP contribution is -2.47. The van der Waals surface area contributed by atoms with E-state index in [4.69, 9.17) is 4.74 Å². The van der Waals surface area contributed by atoms with Gasteiger partial charge in [0.25, 0.3) is 17.7 Å². The van der Waals surface area contributed by atoms with Crippen LogP contribution in [0.4, 0.5) is 0 Å². The topological polar surface area (TPSA) is 75.7 Å². The summed E-state index contributed by atoms with van der Waals surface area (Å²) in [5, 5.41) is 0.847. The third-order valence-electron chi connectivity index (χ3n) is 4.16. The molecule has 6 heteroatoms. The van der Waals surface area contributed by atoms with Gasteiger partial charge < -0.3 is 4.74 Å². The molecule has 0 aromatic heterocycles. The molecule has 4 rings (SSSR count). The molecule has 1 aromatic rings. The summed E-state index contributed by atoms with van der Waals surface area (Å²) in [7, 11) is 0. The fourth-order valence-electron chi connectivity index (χ4n) is 3.17. The molecule has 0 saturated carbocycles. The Hall–Kier alpha value is -2.47. The number of ether oxygens (including phenoxy) is 1. The Morgan fingerprint density at radius 3 is 2.14 bits per heavy atom. The summed E-state index contributed by atoms with van der Waals surface area (Å²) in [6.45, 7) is 0. The van der Waals surface area contributed by atoms with Gasteiger partial charge in [0.2, 0.25) is 0 Å². The van der Waals surface area contributed by atoms with Gasteiger partial charge in [0.1, 0.15) is 0 Å². The number of hydrazine groups is 1. The number of carbonyl (C=O) groups excluding carboxylic acids is 3. The molecule has 3 aliphatic heterocycles. The predicted molar refractivity (Wildman–Crippen MR) is 70.5 cm³/mol. The van der Waals surface area contributed by atoms with E-state index < -0.39 is 29.6 Å². The Kier molecular flexibility index (Phi) is 2.49. The fourth-order valence-corrected chi connectivity index (χ4v) is 3.17. The smallest absolute Gasteiger partial charge is 0.270 e. The van der Waals surface area contributed by atoms with Crippen molar-refractivity contribution >= 4 is 17.7 Å². The molecule has 0 unspecified atom stereocenters. The number of hydrogen-bond donors (Lipinski definition) is 1. The van der Waals surface area contributed by atoms with Crippen LogP contribution in [0.1, 0.15) is 10.4 Å². The molecular weight excluding hydrogens is 272 g/mol. The minimum atomic E-state index is -0.511. The van der Waals surface area contributed by atoms with Crippen LogP contribution >= 0.6 is 0 Å². The van der Waals surface area contributed by atoms with E-state index in [0.29, 0.717) is 5.56 Å². The van der Waals surface area contributed by atoms with E-state index in [2.05, 4.69) is 5.43 Å². The lowest BCUT2D eigenvalue weighted by Gasteiger charge is -2.18. The van der Waals surface area contributed by atoms with Gasteiger partial charge in [-0.05, 0) is 12.1 Å². The lowest BCUT2D eigenvalue weighted by molar-refractivity contribution is -0.145. The fraction of sp³-hybridized carbons (Fsp3) is 0.267. The van der Waals surface area contributed by atoms with Crippen molar-refractivity contribution < 1.29 is 19.1 Å². The first-order valence-corrected chi connectivity index (χ1v) is 6.74. The van der Waals surface area contributed by atoms with Crippen molar-refractivity contribution in [1.29, 1.82) is 0 Å².